The van der Waals surface area contributed by atoms with Gasteiger partial charge in [0, 0.05) is 4.47 Å². The van der Waals surface area contributed by atoms with E-state index in [0.717, 1.165) is 15.6 Å². The number of fused-ring (bicyclic) bond motifs is 1. The molecule has 1 aliphatic carbocycles. The van der Waals surface area contributed by atoms with E-state index in [1.54, 1.807) is 0 Å². The number of hydrogen-bond acceptors (Lipinski definition) is 4. The maximum atomic E-state index is 11.8. The van der Waals surface area contributed by atoms with Crippen molar-refractivity contribution >= 4 is 27.8 Å². The molecule has 1 aromatic rings. The van der Waals surface area contributed by atoms with Gasteiger partial charge in [-0.15, -0.1) is 0 Å². The highest BCUT2D eigenvalue weighted by Gasteiger charge is 2.40. The number of ether oxygens (including phenoxy) is 1. The van der Waals surface area contributed by atoms with Gasteiger partial charge in [0.1, 0.15) is 6.42 Å². The molecule has 1 atom stereocenters. The third kappa shape index (κ3) is 3.61. The van der Waals surface area contributed by atoms with Gasteiger partial charge in [-0.05, 0) is 36.1 Å². The van der Waals surface area contributed by atoms with Gasteiger partial charge in [0.05, 0.1) is 25.1 Å². The second-order valence-electron chi connectivity index (χ2n) is 5.18. The van der Waals surface area contributed by atoms with Crippen LogP contribution in [0, 0.1) is 11.3 Å². The SMILES string of the molecule is COC(=O)CC1(NC(=O)CC#N)Cc2ccc(Br)cc2C1. The molecule has 0 heterocycles. The number of rotatable bonds is 4. The molecule has 0 aromatic heterocycles. The average Bonchev–Trinajstić information content (AvgIpc) is 2.75. The Kier molecular flexibility index (Phi) is 4.63. The number of carbonyl (C=O) groups excluding carboxylic acids is 2. The summed E-state index contributed by atoms with van der Waals surface area (Å²) in [5.41, 5.74) is 1.48. The van der Waals surface area contributed by atoms with E-state index in [0.29, 0.717) is 12.8 Å². The number of amides is 1. The van der Waals surface area contributed by atoms with Crippen molar-refractivity contribution in [1.82, 2.24) is 5.32 Å². The lowest BCUT2D eigenvalue weighted by molar-refractivity contribution is -0.142. The largest absolute Gasteiger partial charge is 0.469 e. The lowest BCUT2D eigenvalue weighted by Gasteiger charge is -2.29. The molecule has 2 rings (SSSR count). The molecular weight excluding hydrogens is 336 g/mol. The first-order valence-electron chi connectivity index (χ1n) is 6.50. The van der Waals surface area contributed by atoms with E-state index in [4.69, 9.17) is 10.00 Å². The summed E-state index contributed by atoms with van der Waals surface area (Å²) < 4.78 is 5.69. The summed E-state index contributed by atoms with van der Waals surface area (Å²) in [4.78, 5) is 23.5. The molecule has 6 heteroatoms. The zero-order valence-corrected chi connectivity index (χ0v) is 13.2. The summed E-state index contributed by atoms with van der Waals surface area (Å²) in [6.45, 7) is 0. The van der Waals surface area contributed by atoms with Crippen molar-refractivity contribution in [3.63, 3.8) is 0 Å². The zero-order valence-electron chi connectivity index (χ0n) is 11.6. The lowest BCUT2D eigenvalue weighted by Crippen LogP contribution is -2.50. The third-order valence-corrected chi connectivity index (χ3v) is 4.07. The van der Waals surface area contributed by atoms with Gasteiger partial charge >= 0.3 is 5.97 Å². The highest BCUT2D eigenvalue weighted by atomic mass is 79.9. The fourth-order valence-corrected chi connectivity index (χ4v) is 3.15. The number of benzene rings is 1. The Balaban J connectivity index is 2.25. The first-order chi connectivity index (χ1) is 9.98. The van der Waals surface area contributed by atoms with Gasteiger partial charge < -0.3 is 10.1 Å². The summed E-state index contributed by atoms with van der Waals surface area (Å²) in [7, 11) is 1.33. The van der Waals surface area contributed by atoms with Crippen LogP contribution < -0.4 is 5.32 Å². The van der Waals surface area contributed by atoms with Crippen LogP contribution in [0.25, 0.3) is 0 Å². The molecule has 0 saturated carbocycles. The summed E-state index contributed by atoms with van der Waals surface area (Å²) in [6, 6.07) is 7.73. The van der Waals surface area contributed by atoms with Gasteiger partial charge in [-0.25, -0.2) is 0 Å². The zero-order chi connectivity index (χ0) is 15.5. The predicted octanol–water partition coefficient (Wildman–Crippen LogP) is 1.88. The van der Waals surface area contributed by atoms with Crippen molar-refractivity contribution < 1.29 is 14.3 Å². The van der Waals surface area contributed by atoms with Crippen molar-refractivity contribution in [1.29, 1.82) is 5.26 Å². The fourth-order valence-electron chi connectivity index (χ4n) is 2.74. The van der Waals surface area contributed by atoms with Crippen LogP contribution in [0.4, 0.5) is 0 Å². The summed E-state index contributed by atoms with van der Waals surface area (Å²) in [6.07, 6.45) is 0.978. The molecule has 0 saturated heterocycles. The molecule has 1 aliphatic rings. The molecule has 0 fully saturated rings. The van der Waals surface area contributed by atoms with E-state index >= 15 is 0 Å². The van der Waals surface area contributed by atoms with E-state index in [1.807, 2.05) is 24.3 Å². The number of nitrogens with zero attached hydrogens (tertiary/aromatic N) is 1. The molecule has 5 nitrogen and oxygen atoms in total. The highest BCUT2D eigenvalue weighted by Crippen LogP contribution is 2.34. The Bertz CT molecular complexity index is 624. The number of methoxy groups -OCH3 is 1. The first kappa shape index (κ1) is 15.5. The molecule has 1 aromatic carbocycles. The molecule has 1 amide bonds. The molecule has 0 aliphatic heterocycles. The number of nitriles is 1. The van der Waals surface area contributed by atoms with Crippen molar-refractivity contribution in [2.45, 2.75) is 31.2 Å². The Morgan fingerprint density at radius 2 is 2.14 bits per heavy atom. The minimum atomic E-state index is -0.704. The van der Waals surface area contributed by atoms with E-state index in [9.17, 15) is 9.59 Å². The molecule has 0 bridgehead atoms. The monoisotopic (exact) mass is 350 g/mol. The number of nitrogens with one attached hydrogen (secondary N) is 1. The summed E-state index contributed by atoms with van der Waals surface area (Å²) >= 11 is 3.42. The second-order valence-corrected chi connectivity index (χ2v) is 6.10. The Hall–Kier alpha value is -1.87. The van der Waals surface area contributed by atoms with E-state index in [-0.39, 0.29) is 24.7 Å². The molecule has 0 radical (unpaired) electrons. The third-order valence-electron chi connectivity index (χ3n) is 3.58. The van der Waals surface area contributed by atoms with Crippen LogP contribution in [0.1, 0.15) is 24.0 Å². The maximum absolute atomic E-state index is 11.8. The van der Waals surface area contributed by atoms with Crippen molar-refractivity contribution in [2.24, 2.45) is 0 Å². The van der Waals surface area contributed by atoms with Crippen LogP contribution in [-0.4, -0.2) is 24.5 Å². The smallest absolute Gasteiger partial charge is 0.307 e. The maximum Gasteiger partial charge on any atom is 0.307 e. The average molecular weight is 351 g/mol. The van der Waals surface area contributed by atoms with Gasteiger partial charge in [-0.2, -0.15) is 5.26 Å². The first-order valence-corrected chi connectivity index (χ1v) is 7.29. The summed E-state index contributed by atoms with van der Waals surface area (Å²) in [5, 5.41) is 11.5. The number of halogens is 1. The summed E-state index contributed by atoms with van der Waals surface area (Å²) in [5.74, 6) is -0.743. The van der Waals surface area contributed by atoms with Crippen LogP contribution in [0.2, 0.25) is 0 Å². The van der Waals surface area contributed by atoms with Crippen LogP contribution in [0.3, 0.4) is 0 Å². The normalized spacial score (nSPS) is 19.5. The fraction of sp³-hybridized carbons (Fsp3) is 0.400. The van der Waals surface area contributed by atoms with Gasteiger partial charge in [0.15, 0.2) is 0 Å². The standard InChI is InChI=1S/C15H15BrN2O3/c1-21-14(20)9-15(18-13(19)4-5-17)7-10-2-3-12(16)6-11(10)8-15/h2-3,6H,4,7-9H2,1H3,(H,18,19). The van der Waals surface area contributed by atoms with Crippen LogP contribution in [0.15, 0.2) is 22.7 Å². The number of esters is 1. The Labute approximate surface area is 131 Å². The van der Waals surface area contributed by atoms with Crippen LogP contribution in [-0.2, 0) is 27.2 Å². The Morgan fingerprint density at radius 3 is 2.81 bits per heavy atom. The van der Waals surface area contributed by atoms with Crippen molar-refractivity contribution in [2.75, 3.05) is 7.11 Å². The molecular formula is C15H15BrN2O3. The van der Waals surface area contributed by atoms with Crippen molar-refractivity contribution in [3.05, 3.63) is 33.8 Å². The van der Waals surface area contributed by atoms with E-state index in [2.05, 4.69) is 21.2 Å². The molecule has 110 valence electrons. The van der Waals surface area contributed by atoms with Gasteiger partial charge in [0.2, 0.25) is 5.91 Å². The van der Waals surface area contributed by atoms with Gasteiger partial charge in [-0.3, -0.25) is 9.59 Å². The van der Waals surface area contributed by atoms with Gasteiger partial charge in [0.25, 0.3) is 0 Å². The number of carbonyl (C=O) groups is 2. The van der Waals surface area contributed by atoms with E-state index < -0.39 is 5.54 Å². The number of hydrogen-bond donors (Lipinski definition) is 1. The molecule has 1 N–H and O–H groups in total. The predicted molar refractivity (Wildman–Crippen MR) is 79.3 cm³/mol. The Morgan fingerprint density at radius 1 is 1.43 bits per heavy atom. The molecule has 0 spiro atoms. The molecule has 21 heavy (non-hydrogen) atoms. The lowest BCUT2D eigenvalue weighted by atomic mass is 9.91. The minimum absolute atomic E-state index is 0.0902. The van der Waals surface area contributed by atoms with Crippen LogP contribution in [0.5, 0.6) is 0 Å². The topological polar surface area (TPSA) is 79.2 Å². The van der Waals surface area contributed by atoms with Gasteiger partial charge in [-0.1, -0.05) is 22.0 Å². The highest BCUT2D eigenvalue weighted by molar-refractivity contribution is 9.10. The quantitative estimate of drug-likeness (QED) is 0.840. The second kappa shape index (κ2) is 6.27. The van der Waals surface area contributed by atoms with Crippen LogP contribution >= 0.6 is 15.9 Å². The van der Waals surface area contributed by atoms with Crippen molar-refractivity contribution in [3.8, 4) is 6.07 Å². The minimum Gasteiger partial charge on any atom is -0.469 e. The van der Waals surface area contributed by atoms with E-state index in [1.165, 1.54) is 7.11 Å². The molecule has 1 unspecified atom stereocenters.